The maximum atomic E-state index is 11.5. The molecular weight excluding hydrogens is 410 g/mol. The van der Waals surface area contributed by atoms with Crippen LogP contribution < -0.4 is 0 Å². The van der Waals surface area contributed by atoms with Gasteiger partial charge in [0.25, 0.3) is 0 Å². The molecule has 0 unspecified atom stereocenters. The number of unbranched alkanes of at least 4 members (excludes halogenated alkanes) is 3. The van der Waals surface area contributed by atoms with Crippen LogP contribution in [0, 0.1) is 0 Å². The second kappa shape index (κ2) is 15.1. The summed E-state index contributed by atoms with van der Waals surface area (Å²) in [4.78, 5) is 34.5. The monoisotopic (exact) mass is 454 g/mol. The van der Waals surface area contributed by atoms with Gasteiger partial charge in [0.1, 0.15) is 0 Å². The third-order valence-corrected chi connectivity index (χ3v) is 27.7. The number of rotatable bonds is 19. The van der Waals surface area contributed by atoms with Crippen LogP contribution in [0.15, 0.2) is 0 Å². The number of carbonyl (C=O) groups is 3. The molecule has 0 rings (SSSR count). The number of hydrogen-bond donors (Lipinski definition) is 3. The van der Waals surface area contributed by atoms with Crippen LogP contribution in [0.2, 0.25) is 0 Å². The Morgan fingerprint density at radius 1 is 0.517 bits per heavy atom. The molecule has 6 nitrogen and oxygen atoms in total. The molecule has 0 fully saturated rings. The first kappa shape index (κ1) is 28.3. The SMILES string of the molecule is CCCC[PH](CCCC)(CCCC)[PH](CCC(=O)O)(CCC(=O)O)CCC(=O)O. The van der Waals surface area contributed by atoms with Crippen molar-refractivity contribution in [3.63, 3.8) is 0 Å². The Labute approximate surface area is 177 Å². The molecule has 0 aromatic carbocycles. The number of carboxylic acids is 3. The van der Waals surface area contributed by atoms with Crippen molar-refractivity contribution in [2.75, 3.05) is 37.0 Å². The van der Waals surface area contributed by atoms with Gasteiger partial charge in [-0.2, -0.15) is 0 Å². The van der Waals surface area contributed by atoms with Gasteiger partial charge in [-0.05, 0) is 0 Å². The fourth-order valence-electron chi connectivity index (χ4n) is 4.93. The van der Waals surface area contributed by atoms with E-state index in [1.807, 2.05) is 0 Å². The van der Waals surface area contributed by atoms with Gasteiger partial charge in [0.2, 0.25) is 0 Å². The summed E-state index contributed by atoms with van der Waals surface area (Å²) in [6.07, 6.45) is 11.5. The van der Waals surface area contributed by atoms with Crippen LogP contribution in [0.5, 0.6) is 0 Å². The molecule has 0 bridgehead atoms. The van der Waals surface area contributed by atoms with Gasteiger partial charge < -0.3 is 0 Å². The van der Waals surface area contributed by atoms with Crippen molar-refractivity contribution < 1.29 is 29.7 Å². The van der Waals surface area contributed by atoms with Crippen molar-refractivity contribution in [2.45, 2.75) is 78.6 Å². The Bertz CT molecular complexity index is 442. The van der Waals surface area contributed by atoms with E-state index in [-0.39, 0.29) is 19.3 Å². The Balaban J connectivity index is 6.35. The van der Waals surface area contributed by atoms with E-state index in [4.69, 9.17) is 0 Å². The molecule has 29 heavy (non-hydrogen) atoms. The van der Waals surface area contributed by atoms with Crippen LogP contribution in [0.1, 0.15) is 78.6 Å². The molecule has 174 valence electrons. The second-order valence-corrected chi connectivity index (χ2v) is 23.0. The molecular formula is C21H44O6P2. The average molecular weight is 455 g/mol. The third kappa shape index (κ3) is 10.2. The molecule has 0 aromatic heterocycles. The third-order valence-electron chi connectivity index (χ3n) is 6.60. The van der Waals surface area contributed by atoms with E-state index < -0.39 is 31.8 Å². The van der Waals surface area contributed by atoms with E-state index in [0.717, 1.165) is 57.0 Å². The Hall–Kier alpha value is -0.730. The van der Waals surface area contributed by atoms with Gasteiger partial charge in [-0.1, -0.05) is 0 Å². The van der Waals surface area contributed by atoms with Gasteiger partial charge in [0.15, 0.2) is 0 Å². The molecule has 0 spiro atoms. The van der Waals surface area contributed by atoms with Crippen LogP contribution >= 0.6 is 13.9 Å². The predicted molar refractivity (Wildman–Crippen MR) is 127 cm³/mol. The van der Waals surface area contributed by atoms with Crippen LogP contribution in [-0.4, -0.2) is 70.2 Å². The van der Waals surface area contributed by atoms with Crippen molar-refractivity contribution in [1.29, 1.82) is 0 Å². The van der Waals surface area contributed by atoms with E-state index in [1.54, 1.807) is 0 Å². The minimum atomic E-state index is -2.38. The van der Waals surface area contributed by atoms with Crippen molar-refractivity contribution in [2.24, 2.45) is 0 Å². The topological polar surface area (TPSA) is 112 Å². The van der Waals surface area contributed by atoms with Crippen molar-refractivity contribution in [1.82, 2.24) is 0 Å². The summed E-state index contributed by atoms with van der Waals surface area (Å²) >= 11 is 0. The van der Waals surface area contributed by atoms with Crippen LogP contribution in [0.25, 0.3) is 0 Å². The first-order chi connectivity index (χ1) is 13.7. The van der Waals surface area contributed by atoms with Crippen molar-refractivity contribution in [3.8, 4) is 0 Å². The van der Waals surface area contributed by atoms with Crippen LogP contribution in [-0.2, 0) is 14.4 Å². The van der Waals surface area contributed by atoms with Gasteiger partial charge in [0.05, 0.1) is 0 Å². The second-order valence-electron chi connectivity index (χ2n) is 8.55. The fourth-order valence-corrected chi connectivity index (χ4v) is 27.0. The molecule has 0 saturated carbocycles. The van der Waals surface area contributed by atoms with E-state index in [0.29, 0.717) is 18.5 Å². The summed E-state index contributed by atoms with van der Waals surface area (Å²) in [7, 11) is 0. The molecule has 8 heteroatoms. The molecule has 0 aliphatic rings. The van der Waals surface area contributed by atoms with E-state index in [1.165, 1.54) is 0 Å². The summed E-state index contributed by atoms with van der Waals surface area (Å²) in [5.74, 6) is -2.55. The zero-order valence-corrected chi connectivity index (χ0v) is 20.7. The first-order valence-electron chi connectivity index (χ1n) is 11.3. The zero-order chi connectivity index (χ0) is 22.3. The van der Waals surface area contributed by atoms with E-state index >= 15 is 0 Å². The first-order valence-corrected chi connectivity index (χ1v) is 17.6. The summed E-state index contributed by atoms with van der Waals surface area (Å²) in [5, 5.41) is 28.3. The van der Waals surface area contributed by atoms with Gasteiger partial charge in [0, 0.05) is 0 Å². The number of carboxylic acid groups (broad SMARTS) is 3. The molecule has 0 aliphatic carbocycles. The molecule has 0 aromatic rings. The van der Waals surface area contributed by atoms with Crippen LogP contribution in [0.3, 0.4) is 0 Å². The predicted octanol–water partition coefficient (Wildman–Crippen LogP) is 5.23. The van der Waals surface area contributed by atoms with Crippen molar-refractivity contribution >= 4 is 31.8 Å². The fraction of sp³-hybridized carbons (Fsp3) is 0.857. The molecule has 0 aliphatic heterocycles. The molecule has 3 N–H and O–H groups in total. The van der Waals surface area contributed by atoms with Crippen LogP contribution in [0.4, 0.5) is 0 Å². The minimum absolute atomic E-state index is 0.0462. The molecule has 0 atom stereocenters. The quantitative estimate of drug-likeness (QED) is 0.231. The number of hydrogen-bond acceptors (Lipinski definition) is 3. The Morgan fingerprint density at radius 3 is 0.966 bits per heavy atom. The average Bonchev–Trinajstić information content (AvgIpc) is 2.67. The summed E-state index contributed by atoms with van der Waals surface area (Å²) in [6.45, 7) is 2.11. The van der Waals surface area contributed by atoms with Gasteiger partial charge in [-0.15, -0.1) is 0 Å². The zero-order valence-electron chi connectivity index (χ0n) is 18.7. The summed E-state index contributed by atoms with van der Waals surface area (Å²) in [5.41, 5.74) is 0. The molecule has 0 heterocycles. The molecule has 0 amide bonds. The van der Waals surface area contributed by atoms with Gasteiger partial charge >= 0.3 is 177 Å². The van der Waals surface area contributed by atoms with Crippen molar-refractivity contribution in [3.05, 3.63) is 0 Å². The molecule has 0 radical (unpaired) electrons. The van der Waals surface area contributed by atoms with Gasteiger partial charge in [-0.25, -0.2) is 0 Å². The number of aliphatic carboxylic acids is 3. The normalized spacial score (nSPS) is 13.2. The maximum absolute atomic E-state index is 11.5. The summed E-state index contributed by atoms with van der Waals surface area (Å²) in [6, 6.07) is 0. The van der Waals surface area contributed by atoms with E-state index in [2.05, 4.69) is 20.8 Å². The standard InChI is InChI=1S/C21H44O6P2/c1-4-7-13-28(14-8-5-2,15-9-6-3)29(16-10-19(22)23,17-11-20(24)25)18-12-21(26)27/h28-29H,4-18H2,1-3H3,(H,22,23)(H,24,25)(H,26,27). The molecule has 0 saturated heterocycles. The van der Waals surface area contributed by atoms with Gasteiger partial charge in [-0.3, -0.25) is 0 Å². The van der Waals surface area contributed by atoms with E-state index in [9.17, 15) is 29.7 Å². The Morgan fingerprint density at radius 2 is 0.759 bits per heavy atom. The summed E-state index contributed by atoms with van der Waals surface area (Å²) < 4.78 is 0. The Kier molecular flexibility index (Phi) is 14.7.